The van der Waals surface area contributed by atoms with E-state index in [2.05, 4.69) is 0 Å². The number of halogens is 1. The first kappa shape index (κ1) is 8.84. The van der Waals surface area contributed by atoms with Gasteiger partial charge in [0.05, 0.1) is 0 Å². The van der Waals surface area contributed by atoms with E-state index >= 15 is 0 Å². The van der Waals surface area contributed by atoms with Gasteiger partial charge in [0.2, 0.25) is 0 Å². The summed E-state index contributed by atoms with van der Waals surface area (Å²) in [5.74, 6) is 0. The van der Waals surface area contributed by atoms with E-state index in [9.17, 15) is 12.3 Å². The topological polar surface area (TPSA) is 46.2 Å². The van der Waals surface area contributed by atoms with Gasteiger partial charge in [0.25, 0.3) is 0 Å². The Morgan fingerprint density at radius 3 is 2.22 bits per heavy atom. The van der Waals surface area contributed by atoms with Crippen molar-refractivity contribution in [2.45, 2.75) is 26.3 Å². The number of rotatable bonds is 3. The van der Waals surface area contributed by atoms with Crippen LogP contribution in [0.5, 0.6) is 0 Å². The molecule has 0 aliphatic heterocycles. The normalized spacial score (nSPS) is 15.4. The summed E-state index contributed by atoms with van der Waals surface area (Å²) in [4.78, 5) is 0. The van der Waals surface area contributed by atoms with Gasteiger partial charge < -0.3 is 0 Å². The summed E-state index contributed by atoms with van der Waals surface area (Å²) in [5.41, 5.74) is 0. The van der Waals surface area contributed by atoms with E-state index in [0.717, 1.165) is 0 Å². The molecule has 0 amide bonds. The molecule has 0 aliphatic carbocycles. The highest BCUT2D eigenvalue weighted by molar-refractivity contribution is 7.84. The predicted molar refractivity (Wildman–Crippen MR) is 32.9 cm³/mol. The Hall–Kier alpha value is -0.160. The first-order valence-electron chi connectivity index (χ1n) is 2.67. The summed E-state index contributed by atoms with van der Waals surface area (Å²) in [7, 11) is -4.49. The van der Waals surface area contributed by atoms with Gasteiger partial charge in [-0.3, -0.25) is 0 Å². The molecule has 0 aromatic heterocycles. The molecule has 0 aromatic rings. The summed E-state index contributed by atoms with van der Waals surface area (Å²) in [6, 6.07) is -0.319. The highest BCUT2D eigenvalue weighted by atomic mass is 32.3. The molecular formula is C4H10FNO2S. The third kappa shape index (κ3) is 5.72. The molecule has 0 heterocycles. The molecule has 3 nitrogen and oxygen atoms in total. The van der Waals surface area contributed by atoms with E-state index < -0.39 is 10.4 Å². The highest BCUT2D eigenvalue weighted by Crippen LogP contribution is 1.92. The number of nitrogens with one attached hydrogen (secondary N) is 1. The zero-order valence-electron chi connectivity index (χ0n) is 5.39. The lowest BCUT2D eigenvalue weighted by Gasteiger charge is -2.04. The average molecular weight is 155 g/mol. The second-order valence-electron chi connectivity index (χ2n) is 1.86. The van der Waals surface area contributed by atoms with Crippen LogP contribution in [-0.4, -0.2) is 14.5 Å². The molecule has 0 fully saturated rings. The van der Waals surface area contributed by atoms with Crippen molar-refractivity contribution in [3.63, 3.8) is 0 Å². The molecule has 5 heteroatoms. The molecule has 0 radical (unpaired) electrons. The Labute approximate surface area is 54.6 Å². The lowest BCUT2D eigenvalue weighted by Crippen LogP contribution is -2.28. The molecule has 0 aliphatic rings. The van der Waals surface area contributed by atoms with Gasteiger partial charge in [0.15, 0.2) is 0 Å². The molecule has 0 spiro atoms. The molecule has 1 unspecified atom stereocenters. The van der Waals surface area contributed by atoms with E-state index in [4.69, 9.17) is 0 Å². The van der Waals surface area contributed by atoms with Crippen LogP contribution in [0.25, 0.3) is 0 Å². The van der Waals surface area contributed by atoms with Crippen molar-refractivity contribution in [1.82, 2.24) is 4.72 Å². The van der Waals surface area contributed by atoms with Gasteiger partial charge in [-0.2, -0.15) is 13.1 Å². The Bertz CT molecular complexity index is 165. The summed E-state index contributed by atoms with van der Waals surface area (Å²) >= 11 is 0. The minimum absolute atomic E-state index is 0.319. The molecule has 0 aromatic carbocycles. The third-order valence-corrected chi connectivity index (χ3v) is 1.64. The van der Waals surface area contributed by atoms with E-state index in [1.165, 1.54) is 0 Å². The zero-order chi connectivity index (χ0) is 7.49. The Morgan fingerprint density at radius 1 is 1.67 bits per heavy atom. The summed E-state index contributed by atoms with van der Waals surface area (Å²) in [6.07, 6.45) is 0.586. The molecular weight excluding hydrogens is 145 g/mol. The van der Waals surface area contributed by atoms with E-state index in [1.54, 1.807) is 18.6 Å². The van der Waals surface area contributed by atoms with Gasteiger partial charge in [-0.1, -0.05) is 10.8 Å². The molecule has 1 N–H and O–H groups in total. The molecule has 0 saturated carbocycles. The van der Waals surface area contributed by atoms with Crippen LogP contribution in [0.15, 0.2) is 0 Å². The van der Waals surface area contributed by atoms with Gasteiger partial charge in [-0.25, -0.2) is 0 Å². The van der Waals surface area contributed by atoms with Crippen molar-refractivity contribution < 1.29 is 12.3 Å². The fourth-order valence-electron chi connectivity index (χ4n) is 0.324. The minimum Gasteiger partial charge on any atom is -0.185 e. The molecule has 0 saturated heterocycles. The SMILES string of the molecule is CCC(C)NS(=O)(=O)F. The molecule has 56 valence electrons. The van der Waals surface area contributed by atoms with E-state index in [0.29, 0.717) is 6.42 Å². The van der Waals surface area contributed by atoms with Crippen LogP contribution in [0.1, 0.15) is 20.3 Å². The van der Waals surface area contributed by atoms with Gasteiger partial charge in [0, 0.05) is 6.04 Å². The maximum atomic E-state index is 11.7. The maximum Gasteiger partial charge on any atom is 0.372 e. The second kappa shape index (κ2) is 3.12. The predicted octanol–water partition coefficient (Wildman–Crippen LogP) is 0.589. The van der Waals surface area contributed by atoms with E-state index in [-0.39, 0.29) is 6.04 Å². The lowest BCUT2D eigenvalue weighted by molar-refractivity contribution is 0.514. The fraction of sp³-hybridized carbons (Fsp3) is 1.00. The molecule has 0 rings (SSSR count). The minimum atomic E-state index is -4.49. The standard InChI is InChI=1S/C4H10FNO2S/c1-3-4(2)6-9(5,7)8/h4,6H,3H2,1-2H3. The molecule has 0 bridgehead atoms. The van der Waals surface area contributed by atoms with Crippen molar-refractivity contribution in [3.8, 4) is 0 Å². The van der Waals surface area contributed by atoms with Crippen LogP contribution in [0.3, 0.4) is 0 Å². The smallest absolute Gasteiger partial charge is 0.185 e. The highest BCUT2D eigenvalue weighted by Gasteiger charge is 2.08. The van der Waals surface area contributed by atoms with Crippen molar-refractivity contribution >= 4 is 10.4 Å². The summed E-state index contributed by atoms with van der Waals surface area (Å²) < 4.78 is 33.1. The largest absolute Gasteiger partial charge is 0.372 e. The van der Waals surface area contributed by atoms with E-state index in [1.807, 2.05) is 0 Å². The first-order valence-corrected chi connectivity index (χ1v) is 4.06. The molecule has 1 atom stereocenters. The van der Waals surface area contributed by atoms with Gasteiger partial charge >= 0.3 is 10.4 Å². The third-order valence-electron chi connectivity index (χ3n) is 0.954. The van der Waals surface area contributed by atoms with Crippen molar-refractivity contribution in [3.05, 3.63) is 0 Å². The average Bonchev–Trinajstić information content (AvgIpc) is 1.62. The Morgan fingerprint density at radius 2 is 2.11 bits per heavy atom. The van der Waals surface area contributed by atoms with Crippen LogP contribution in [0.4, 0.5) is 3.89 Å². The Balaban J connectivity index is 3.75. The van der Waals surface area contributed by atoms with Gasteiger partial charge in [-0.05, 0) is 13.3 Å². The molecule has 9 heavy (non-hydrogen) atoms. The van der Waals surface area contributed by atoms with Gasteiger partial charge in [0.1, 0.15) is 0 Å². The Kier molecular flexibility index (Phi) is 3.07. The van der Waals surface area contributed by atoms with Crippen LogP contribution >= 0.6 is 0 Å². The van der Waals surface area contributed by atoms with Crippen LogP contribution < -0.4 is 4.72 Å². The summed E-state index contributed by atoms with van der Waals surface area (Å²) in [5, 5.41) is 0. The first-order chi connectivity index (χ1) is 3.95. The van der Waals surface area contributed by atoms with Crippen molar-refractivity contribution in [2.75, 3.05) is 0 Å². The number of hydrogen-bond acceptors (Lipinski definition) is 2. The fourth-order valence-corrected chi connectivity index (χ4v) is 0.971. The maximum absolute atomic E-state index is 11.7. The van der Waals surface area contributed by atoms with Crippen molar-refractivity contribution in [2.24, 2.45) is 0 Å². The van der Waals surface area contributed by atoms with Gasteiger partial charge in [-0.15, -0.1) is 0 Å². The van der Waals surface area contributed by atoms with Crippen LogP contribution in [-0.2, 0) is 10.4 Å². The monoisotopic (exact) mass is 155 g/mol. The number of hydrogen-bond donors (Lipinski definition) is 1. The van der Waals surface area contributed by atoms with Crippen LogP contribution in [0, 0.1) is 0 Å². The van der Waals surface area contributed by atoms with Crippen LogP contribution in [0.2, 0.25) is 0 Å². The second-order valence-corrected chi connectivity index (χ2v) is 2.98. The lowest BCUT2D eigenvalue weighted by atomic mass is 10.3. The summed E-state index contributed by atoms with van der Waals surface area (Å²) in [6.45, 7) is 3.36. The quantitative estimate of drug-likeness (QED) is 0.606. The van der Waals surface area contributed by atoms with Crippen molar-refractivity contribution in [1.29, 1.82) is 0 Å². The zero-order valence-corrected chi connectivity index (χ0v) is 6.20.